The molecule has 0 saturated heterocycles. The van der Waals surface area contributed by atoms with Gasteiger partial charge in [0.2, 0.25) is 6.08 Å². The molecule has 0 unspecified atom stereocenters. The van der Waals surface area contributed by atoms with E-state index >= 15 is 0 Å². The van der Waals surface area contributed by atoms with Gasteiger partial charge in [-0.05, 0) is 52.7 Å². The molecule has 0 aliphatic heterocycles. The molecule has 18 heavy (non-hydrogen) atoms. The average Bonchev–Trinajstić information content (AvgIpc) is 2.79. The summed E-state index contributed by atoms with van der Waals surface area (Å²) in [4.78, 5) is 15.2. The molecule has 0 amide bonds. The Morgan fingerprint density at radius 3 is 2.61 bits per heavy atom. The smallest absolute Gasteiger partial charge is 0.211 e. The molecule has 0 bridgehead atoms. The predicted molar refractivity (Wildman–Crippen MR) is 74.1 cm³/mol. The van der Waals surface area contributed by atoms with E-state index in [1.807, 2.05) is 12.3 Å². The molecule has 96 valence electrons. The van der Waals surface area contributed by atoms with Gasteiger partial charge < -0.3 is 0 Å². The van der Waals surface area contributed by atoms with Crippen LogP contribution in [0.2, 0.25) is 0 Å². The van der Waals surface area contributed by atoms with E-state index in [1.165, 1.54) is 17.8 Å². The summed E-state index contributed by atoms with van der Waals surface area (Å²) in [5.41, 5.74) is 0.202. The summed E-state index contributed by atoms with van der Waals surface area (Å²) < 4.78 is 14.7. The van der Waals surface area contributed by atoms with Gasteiger partial charge in [-0.1, -0.05) is 12.8 Å². The SMILES string of the molecule is CSc1c(F)cc(C2(N=C=O)CCCC2)cc1Br. The zero-order valence-electron chi connectivity index (χ0n) is 10.0. The van der Waals surface area contributed by atoms with E-state index in [9.17, 15) is 9.18 Å². The van der Waals surface area contributed by atoms with Crippen LogP contribution in [0.3, 0.4) is 0 Å². The fraction of sp³-hybridized carbons (Fsp3) is 0.462. The van der Waals surface area contributed by atoms with Gasteiger partial charge in [0.05, 0.1) is 10.4 Å². The van der Waals surface area contributed by atoms with E-state index in [-0.39, 0.29) is 5.82 Å². The highest BCUT2D eigenvalue weighted by Crippen LogP contribution is 2.44. The van der Waals surface area contributed by atoms with Gasteiger partial charge in [-0.25, -0.2) is 9.18 Å². The van der Waals surface area contributed by atoms with E-state index in [0.717, 1.165) is 35.7 Å². The molecule has 2 rings (SSSR count). The minimum atomic E-state index is -0.567. The summed E-state index contributed by atoms with van der Waals surface area (Å²) in [6.45, 7) is 0. The molecular formula is C13H13BrFNOS. The molecule has 5 heteroatoms. The third-order valence-corrected chi connectivity index (χ3v) is 5.14. The molecule has 1 aliphatic rings. The first-order valence-electron chi connectivity index (χ1n) is 5.75. The number of thioether (sulfide) groups is 1. The van der Waals surface area contributed by atoms with Crippen molar-refractivity contribution in [3.63, 3.8) is 0 Å². The van der Waals surface area contributed by atoms with E-state index < -0.39 is 5.54 Å². The minimum Gasteiger partial charge on any atom is -0.211 e. The van der Waals surface area contributed by atoms with Crippen molar-refractivity contribution in [3.8, 4) is 0 Å². The second kappa shape index (κ2) is 5.55. The van der Waals surface area contributed by atoms with Crippen LogP contribution in [0.25, 0.3) is 0 Å². The highest BCUT2D eigenvalue weighted by Gasteiger charge is 2.36. The molecule has 1 aromatic rings. The number of halogens is 2. The largest absolute Gasteiger partial charge is 0.235 e. The Morgan fingerprint density at radius 1 is 1.44 bits per heavy atom. The van der Waals surface area contributed by atoms with Crippen molar-refractivity contribution < 1.29 is 9.18 Å². The van der Waals surface area contributed by atoms with E-state index in [1.54, 1.807) is 6.08 Å². The van der Waals surface area contributed by atoms with Gasteiger partial charge in [0, 0.05) is 4.47 Å². The highest BCUT2D eigenvalue weighted by atomic mass is 79.9. The second-order valence-corrected chi connectivity index (χ2v) is 6.09. The van der Waals surface area contributed by atoms with Crippen molar-refractivity contribution in [3.05, 3.63) is 28.0 Å². The molecule has 1 fully saturated rings. The first kappa shape index (κ1) is 13.8. The van der Waals surface area contributed by atoms with Crippen LogP contribution in [0.15, 0.2) is 26.5 Å². The van der Waals surface area contributed by atoms with Crippen LogP contribution < -0.4 is 0 Å². The van der Waals surface area contributed by atoms with Gasteiger partial charge in [0.15, 0.2) is 0 Å². The standard InChI is InChI=1S/C13H13BrFNOS/c1-18-12-10(14)6-9(7-11(12)15)13(16-8-17)4-2-3-5-13/h6-7H,2-5H2,1H3. The lowest BCUT2D eigenvalue weighted by Gasteiger charge is -2.23. The lowest BCUT2D eigenvalue weighted by atomic mass is 9.89. The number of nitrogens with zero attached hydrogens (tertiary/aromatic N) is 1. The lowest BCUT2D eigenvalue weighted by molar-refractivity contribution is 0.451. The van der Waals surface area contributed by atoms with Gasteiger partial charge in [-0.15, -0.1) is 11.8 Å². The molecule has 0 radical (unpaired) electrons. The minimum absolute atomic E-state index is 0.265. The van der Waals surface area contributed by atoms with E-state index in [0.29, 0.717) is 4.90 Å². The summed E-state index contributed by atoms with van der Waals surface area (Å²) in [7, 11) is 0. The van der Waals surface area contributed by atoms with Crippen molar-refractivity contribution >= 4 is 33.8 Å². The van der Waals surface area contributed by atoms with Crippen LogP contribution in [-0.2, 0) is 10.3 Å². The number of hydrogen-bond donors (Lipinski definition) is 0. The zero-order chi connectivity index (χ0) is 13.2. The van der Waals surface area contributed by atoms with Crippen LogP contribution >= 0.6 is 27.7 Å². The van der Waals surface area contributed by atoms with Crippen molar-refractivity contribution in [1.29, 1.82) is 0 Å². The first-order valence-corrected chi connectivity index (χ1v) is 7.77. The van der Waals surface area contributed by atoms with Crippen LogP contribution in [0.4, 0.5) is 4.39 Å². The number of rotatable bonds is 3. The summed E-state index contributed by atoms with van der Waals surface area (Å²) in [5.74, 6) is -0.265. The molecule has 0 N–H and O–H groups in total. The van der Waals surface area contributed by atoms with Crippen LogP contribution in [0.5, 0.6) is 0 Å². The first-order chi connectivity index (χ1) is 8.63. The quantitative estimate of drug-likeness (QED) is 0.467. The van der Waals surface area contributed by atoms with Gasteiger partial charge in [0.25, 0.3) is 0 Å². The van der Waals surface area contributed by atoms with Gasteiger partial charge >= 0.3 is 0 Å². The number of aliphatic imine (C=N–C) groups is 1. The molecule has 0 atom stereocenters. The maximum Gasteiger partial charge on any atom is 0.235 e. The molecule has 0 aromatic heterocycles. The Hall–Kier alpha value is -0.640. The number of hydrogen-bond acceptors (Lipinski definition) is 3. The van der Waals surface area contributed by atoms with Crippen LogP contribution in [0.1, 0.15) is 31.2 Å². The molecular weight excluding hydrogens is 317 g/mol. The van der Waals surface area contributed by atoms with Crippen molar-refractivity contribution in [1.82, 2.24) is 0 Å². The lowest BCUT2D eigenvalue weighted by Crippen LogP contribution is -2.19. The van der Waals surface area contributed by atoms with Gasteiger partial charge in [-0.3, -0.25) is 0 Å². The summed E-state index contributed by atoms with van der Waals surface area (Å²) in [5, 5.41) is 0. The fourth-order valence-electron chi connectivity index (χ4n) is 2.54. The Morgan fingerprint density at radius 2 is 2.11 bits per heavy atom. The number of carbonyl (C=O) groups excluding carboxylic acids is 1. The van der Waals surface area contributed by atoms with E-state index in [2.05, 4.69) is 20.9 Å². The molecule has 2 nitrogen and oxygen atoms in total. The van der Waals surface area contributed by atoms with Crippen molar-refractivity contribution in [2.24, 2.45) is 4.99 Å². The van der Waals surface area contributed by atoms with Gasteiger partial charge in [0.1, 0.15) is 5.82 Å². The maximum atomic E-state index is 14.0. The van der Waals surface area contributed by atoms with Gasteiger partial charge in [-0.2, -0.15) is 4.99 Å². The molecule has 1 aromatic carbocycles. The second-order valence-electron chi connectivity index (χ2n) is 4.41. The van der Waals surface area contributed by atoms with Crippen molar-refractivity contribution in [2.45, 2.75) is 36.1 Å². The monoisotopic (exact) mass is 329 g/mol. The Balaban J connectivity index is 2.53. The third kappa shape index (κ3) is 2.40. The topological polar surface area (TPSA) is 29.4 Å². The fourth-order valence-corrected chi connectivity index (χ4v) is 3.97. The van der Waals surface area contributed by atoms with Crippen LogP contribution in [-0.4, -0.2) is 12.3 Å². The average molecular weight is 330 g/mol. The summed E-state index contributed by atoms with van der Waals surface area (Å²) in [6, 6.07) is 3.38. The number of benzene rings is 1. The van der Waals surface area contributed by atoms with Crippen LogP contribution in [0, 0.1) is 5.82 Å². The number of isocyanates is 1. The molecule has 0 heterocycles. The Kier molecular flexibility index (Phi) is 4.25. The van der Waals surface area contributed by atoms with E-state index in [4.69, 9.17) is 0 Å². The Bertz CT molecular complexity index is 485. The maximum absolute atomic E-state index is 14.0. The third-order valence-electron chi connectivity index (χ3n) is 3.43. The Labute approximate surface area is 118 Å². The summed E-state index contributed by atoms with van der Waals surface area (Å²) in [6.07, 6.45) is 7.07. The molecule has 1 saturated carbocycles. The predicted octanol–water partition coefficient (Wildman–Crippen LogP) is 4.42. The highest BCUT2D eigenvalue weighted by molar-refractivity contribution is 9.10. The normalized spacial score (nSPS) is 17.5. The molecule has 0 spiro atoms. The molecule has 1 aliphatic carbocycles. The van der Waals surface area contributed by atoms with Crippen molar-refractivity contribution in [2.75, 3.05) is 6.26 Å². The summed E-state index contributed by atoms with van der Waals surface area (Å²) >= 11 is 4.74. The zero-order valence-corrected chi connectivity index (χ0v) is 12.4.